The van der Waals surface area contributed by atoms with Crippen molar-refractivity contribution in [1.29, 1.82) is 0 Å². The van der Waals surface area contributed by atoms with Crippen LogP contribution in [0.5, 0.6) is 0 Å². The predicted octanol–water partition coefficient (Wildman–Crippen LogP) is 3.47. The summed E-state index contributed by atoms with van der Waals surface area (Å²) in [5.74, 6) is -1.77. The van der Waals surface area contributed by atoms with Gasteiger partial charge in [0.15, 0.2) is 11.5 Å². The number of nitrogens with zero attached hydrogens (tertiary/aromatic N) is 4. The Bertz CT molecular complexity index is 1050. The minimum absolute atomic E-state index is 0.0148. The van der Waals surface area contributed by atoms with Crippen LogP contribution in [-0.2, 0) is 19.0 Å². The van der Waals surface area contributed by atoms with Crippen molar-refractivity contribution in [3.05, 3.63) is 76.6 Å². The number of hydrogen-bond donors (Lipinski definition) is 1. The van der Waals surface area contributed by atoms with Gasteiger partial charge >= 0.3 is 6.18 Å². The first kappa shape index (κ1) is 20.1. The molecule has 2 heterocycles. The molecule has 3 rings (SSSR count). The van der Waals surface area contributed by atoms with Gasteiger partial charge in [0, 0.05) is 24.4 Å². The van der Waals surface area contributed by atoms with E-state index in [0.29, 0.717) is 17.7 Å². The van der Waals surface area contributed by atoms with Gasteiger partial charge in [-0.15, -0.1) is 0 Å². The first-order chi connectivity index (χ1) is 13.8. The van der Waals surface area contributed by atoms with E-state index in [1.54, 1.807) is 0 Å². The molecule has 0 saturated heterocycles. The van der Waals surface area contributed by atoms with E-state index in [4.69, 9.17) is 0 Å². The van der Waals surface area contributed by atoms with Crippen LogP contribution in [0.3, 0.4) is 0 Å². The average molecular weight is 408 g/mol. The lowest BCUT2D eigenvalue weighted by Gasteiger charge is -2.10. The molecule has 150 valence electrons. The Hall–Kier alpha value is -3.63. The standard InChI is InChI=1S/C18H12F4N4O3/c19-13-2-1-10(7-12(13)18(20,21)22)8-14(24-28)17-15(25-29-26-17)9-16(27)11-3-5-23-6-4-11/h1-7,28H,8-9H2. The maximum absolute atomic E-state index is 13.4. The smallest absolute Gasteiger partial charge is 0.411 e. The van der Waals surface area contributed by atoms with Crippen LogP contribution in [0.4, 0.5) is 17.6 Å². The number of benzene rings is 1. The van der Waals surface area contributed by atoms with E-state index in [0.717, 1.165) is 6.07 Å². The normalized spacial score (nSPS) is 12.2. The summed E-state index contributed by atoms with van der Waals surface area (Å²) in [5, 5.41) is 19.5. The molecule has 7 nitrogen and oxygen atoms in total. The van der Waals surface area contributed by atoms with Gasteiger partial charge in [-0.1, -0.05) is 16.4 Å². The van der Waals surface area contributed by atoms with Crippen molar-refractivity contribution in [1.82, 2.24) is 15.3 Å². The van der Waals surface area contributed by atoms with Gasteiger partial charge in [0.2, 0.25) is 0 Å². The van der Waals surface area contributed by atoms with Crippen molar-refractivity contribution < 1.29 is 32.2 Å². The van der Waals surface area contributed by atoms with Crippen molar-refractivity contribution in [2.24, 2.45) is 5.16 Å². The highest BCUT2D eigenvalue weighted by Gasteiger charge is 2.34. The molecule has 0 saturated carbocycles. The number of pyridine rings is 1. The predicted molar refractivity (Wildman–Crippen MR) is 90.0 cm³/mol. The number of oxime groups is 1. The number of halogens is 4. The molecule has 1 N–H and O–H groups in total. The molecule has 0 spiro atoms. The molecule has 3 aromatic rings. The Morgan fingerprint density at radius 3 is 2.48 bits per heavy atom. The second kappa shape index (κ2) is 8.17. The molecule has 0 aliphatic carbocycles. The maximum Gasteiger partial charge on any atom is 0.419 e. The first-order valence-electron chi connectivity index (χ1n) is 8.11. The number of rotatable bonds is 6. The van der Waals surface area contributed by atoms with Crippen LogP contribution >= 0.6 is 0 Å². The summed E-state index contributed by atoms with van der Waals surface area (Å²) < 4.78 is 56.7. The van der Waals surface area contributed by atoms with E-state index in [9.17, 15) is 27.6 Å². The molecule has 0 aliphatic rings. The first-order valence-corrected chi connectivity index (χ1v) is 8.11. The van der Waals surface area contributed by atoms with Gasteiger partial charge in [0.25, 0.3) is 0 Å². The molecule has 0 fully saturated rings. The van der Waals surface area contributed by atoms with E-state index in [-0.39, 0.29) is 41.3 Å². The van der Waals surface area contributed by atoms with Crippen LogP contribution in [0, 0.1) is 5.82 Å². The van der Waals surface area contributed by atoms with Crippen LogP contribution in [-0.4, -0.2) is 32.0 Å². The third-order valence-electron chi connectivity index (χ3n) is 3.99. The minimum Gasteiger partial charge on any atom is -0.411 e. The van der Waals surface area contributed by atoms with Gasteiger partial charge in [-0.3, -0.25) is 9.78 Å². The van der Waals surface area contributed by atoms with Crippen LogP contribution in [0.1, 0.15) is 32.9 Å². The molecule has 2 aromatic heterocycles. The summed E-state index contributed by atoms with van der Waals surface area (Å²) in [6.45, 7) is 0. The van der Waals surface area contributed by atoms with Crippen molar-refractivity contribution >= 4 is 11.5 Å². The topological polar surface area (TPSA) is 101 Å². The van der Waals surface area contributed by atoms with E-state index >= 15 is 0 Å². The molecule has 0 unspecified atom stereocenters. The molecular weight excluding hydrogens is 396 g/mol. The Labute approximate surface area is 160 Å². The Morgan fingerprint density at radius 2 is 1.83 bits per heavy atom. The van der Waals surface area contributed by atoms with Gasteiger partial charge in [-0.25, -0.2) is 9.02 Å². The van der Waals surface area contributed by atoms with Crippen LogP contribution < -0.4 is 0 Å². The molecule has 0 atom stereocenters. The molecule has 11 heteroatoms. The Kier molecular flexibility index (Phi) is 5.66. The summed E-state index contributed by atoms with van der Waals surface area (Å²) in [5.41, 5.74) is -1.32. The highest BCUT2D eigenvalue weighted by Crippen LogP contribution is 2.32. The lowest BCUT2D eigenvalue weighted by molar-refractivity contribution is -0.140. The third kappa shape index (κ3) is 4.62. The van der Waals surface area contributed by atoms with Crippen molar-refractivity contribution in [3.63, 3.8) is 0 Å². The van der Waals surface area contributed by atoms with Crippen LogP contribution in [0.15, 0.2) is 52.5 Å². The summed E-state index contributed by atoms with van der Waals surface area (Å²) in [4.78, 5) is 16.1. The molecule has 0 aliphatic heterocycles. The zero-order valence-electron chi connectivity index (χ0n) is 14.5. The fourth-order valence-corrected chi connectivity index (χ4v) is 2.59. The summed E-state index contributed by atoms with van der Waals surface area (Å²) in [7, 11) is 0. The number of ketones is 1. The zero-order chi connectivity index (χ0) is 21.0. The van der Waals surface area contributed by atoms with Gasteiger partial charge in [-0.2, -0.15) is 13.2 Å². The molecule has 29 heavy (non-hydrogen) atoms. The van der Waals surface area contributed by atoms with E-state index in [1.165, 1.54) is 24.5 Å². The molecule has 0 radical (unpaired) electrons. The summed E-state index contributed by atoms with van der Waals surface area (Å²) in [6.07, 6.45) is -2.59. The summed E-state index contributed by atoms with van der Waals surface area (Å²) >= 11 is 0. The molecule has 0 bridgehead atoms. The van der Waals surface area contributed by atoms with Gasteiger partial charge in [-0.05, 0) is 35.0 Å². The quantitative estimate of drug-likeness (QED) is 0.220. The second-order valence-corrected chi connectivity index (χ2v) is 5.93. The van der Waals surface area contributed by atoms with Crippen molar-refractivity contribution in [2.45, 2.75) is 19.0 Å². The Morgan fingerprint density at radius 1 is 1.10 bits per heavy atom. The lowest BCUT2D eigenvalue weighted by atomic mass is 10.0. The van der Waals surface area contributed by atoms with Crippen molar-refractivity contribution in [3.8, 4) is 0 Å². The van der Waals surface area contributed by atoms with E-state index in [1.807, 2.05) is 0 Å². The number of alkyl halides is 3. The third-order valence-corrected chi connectivity index (χ3v) is 3.99. The van der Waals surface area contributed by atoms with Crippen molar-refractivity contribution in [2.75, 3.05) is 0 Å². The monoisotopic (exact) mass is 408 g/mol. The van der Waals surface area contributed by atoms with Crippen LogP contribution in [0.2, 0.25) is 0 Å². The largest absolute Gasteiger partial charge is 0.419 e. The molecular formula is C18H12F4N4O3. The number of aromatic nitrogens is 3. The fraction of sp³-hybridized carbons (Fsp3) is 0.167. The highest BCUT2D eigenvalue weighted by molar-refractivity contribution is 6.03. The van der Waals surface area contributed by atoms with Crippen LogP contribution in [0.25, 0.3) is 0 Å². The van der Waals surface area contributed by atoms with E-state index < -0.39 is 17.6 Å². The number of hydrogen-bond acceptors (Lipinski definition) is 7. The number of Topliss-reactive ketones (excluding diaryl/α,β-unsaturated/α-hetero) is 1. The fourth-order valence-electron chi connectivity index (χ4n) is 2.59. The maximum atomic E-state index is 13.4. The SMILES string of the molecule is O=C(Cc1nonc1C(Cc1ccc(F)c(C(F)(F)F)c1)=NO)c1ccncc1. The van der Waals surface area contributed by atoms with Gasteiger partial charge in [0.1, 0.15) is 17.2 Å². The molecule has 1 aromatic carbocycles. The minimum atomic E-state index is -4.88. The molecule has 0 amide bonds. The summed E-state index contributed by atoms with van der Waals surface area (Å²) in [6, 6.07) is 5.38. The Balaban J connectivity index is 1.84. The number of carbonyl (C=O) groups excluding carboxylic acids is 1. The highest BCUT2D eigenvalue weighted by atomic mass is 19.4. The zero-order valence-corrected chi connectivity index (χ0v) is 14.5. The van der Waals surface area contributed by atoms with Gasteiger partial charge in [0.05, 0.1) is 12.0 Å². The average Bonchev–Trinajstić information content (AvgIpc) is 3.15. The van der Waals surface area contributed by atoms with E-state index in [2.05, 4.69) is 25.1 Å². The second-order valence-electron chi connectivity index (χ2n) is 5.93. The lowest BCUT2D eigenvalue weighted by Crippen LogP contribution is -2.14. The number of carbonyl (C=O) groups is 1. The van der Waals surface area contributed by atoms with Gasteiger partial charge < -0.3 is 5.21 Å².